The number of H-pyrrole nitrogens is 1. The van der Waals surface area contributed by atoms with Gasteiger partial charge in [0.25, 0.3) is 5.91 Å². The second-order valence-corrected chi connectivity index (χ2v) is 14.4. The normalized spacial score (nSPS) is 18.7. The Morgan fingerprint density at radius 3 is 2.68 bits per heavy atom. The first kappa shape index (κ1) is 30.6. The molecule has 1 amide bonds. The van der Waals surface area contributed by atoms with E-state index >= 15 is 0 Å². The van der Waals surface area contributed by atoms with Crippen molar-refractivity contribution in [1.29, 1.82) is 0 Å². The number of nitrogens with one attached hydrogen (secondary N) is 2. The molecule has 10 nitrogen and oxygen atoms in total. The van der Waals surface area contributed by atoms with Gasteiger partial charge < -0.3 is 20.1 Å². The van der Waals surface area contributed by atoms with Gasteiger partial charge in [-0.25, -0.2) is 15.0 Å². The van der Waals surface area contributed by atoms with Crippen molar-refractivity contribution in [2.75, 3.05) is 19.6 Å². The molecule has 5 heterocycles. The van der Waals surface area contributed by atoms with E-state index in [9.17, 15) is 9.90 Å². The number of hydrogen-bond donors (Lipinski definition) is 3. The number of aromatic nitrogens is 5. The second kappa shape index (κ2) is 12.5. The van der Waals surface area contributed by atoms with E-state index in [1.165, 1.54) is 16.9 Å². The summed E-state index contributed by atoms with van der Waals surface area (Å²) in [5.74, 6) is 1.54. The Bertz CT molecular complexity index is 1600. The van der Waals surface area contributed by atoms with Crippen LogP contribution in [-0.2, 0) is 12.8 Å². The molecule has 1 aliphatic carbocycles. The number of piperidine rings is 1. The summed E-state index contributed by atoms with van der Waals surface area (Å²) in [7, 11) is 0. The van der Waals surface area contributed by atoms with Crippen LogP contribution in [0.1, 0.15) is 90.5 Å². The maximum Gasteiger partial charge on any atom is 0.280 e. The Hall–Kier alpha value is -3.41. The molecule has 0 aromatic carbocycles. The van der Waals surface area contributed by atoms with E-state index in [1.807, 2.05) is 26.0 Å². The van der Waals surface area contributed by atoms with Crippen LogP contribution in [0, 0.1) is 25.2 Å². The van der Waals surface area contributed by atoms with Crippen LogP contribution in [0.25, 0.3) is 10.3 Å². The lowest BCUT2D eigenvalue weighted by Gasteiger charge is -2.34. The van der Waals surface area contributed by atoms with Gasteiger partial charge in [0.1, 0.15) is 16.0 Å². The summed E-state index contributed by atoms with van der Waals surface area (Å²) in [6, 6.07) is 5.66. The first-order chi connectivity index (χ1) is 21.0. The van der Waals surface area contributed by atoms with E-state index < -0.39 is 0 Å². The number of aryl methyl sites for hydroxylation is 3. The molecule has 4 aromatic rings. The topological polar surface area (TPSA) is 129 Å². The summed E-state index contributed by atoms with van der Waals surface area (Å²) in [6.45, 7) is 13.2. The molecule has 44 heavy (non-hydrogen) atoms. The van der Waals surface area contributed by atoms with Crippen LogP contribution in [0.4, 0.5) is 0 Å². The number of carbonyl (C=O) groups is 1. The zero-order chi connectivity index (χ0) is 31.0. The van der Waals surface area contributed by atoms with Crippen molar-refractivity contribution < 1.29 is 14.6 Å². The lowest BCUT2D eigenvalue weighted by atomic mass is 9.71. The molecule has 1 unspecified atom stereocenters. The highest BCUT2D eigenvalue weighted by atomic mass is 32.1. The fourth-order valence-corrected chi connectivity index (χ4v) is 7.14. The highest BCUT2D eigenvalue weighted by Crippen LogP contribution is 2.38. The van der Waals surface area contributed by atoms with Gasteiger partial charge in [-0.2, -0.15) is 5.10 Å². The predicted molar refractivity (Wildman–Crippen MR) is 171 cm³/mol. The predicted octanol–water partition coefficient (Wildman–Crippen LogP) is 5.69. The van der Waals surface area contributed by atoms with Crippen LogP contribution in [0.3, 0.4) is 0 Å². The molecule has 2 aliphatic rings. The number of amides is 1. The molecule has 0 spiro atoms. The Balaban J connectivity index is 1.20. The number of pyridine rings is 2. The van der Waals surface area contributed by atoms with Gasteiger partial charge in [-0.15, -0.1) is 0 Å². The number of thiazole rings is 1. The molecule has 0 radical (unpaired) electrons. The van der Waals surface area contributed by atoms with Gasteiger partial charge in [-0.05, 0) is 80.9 Å². The molecule has 1 fully saturated rings. The van der Waals surface area contributed by atoms with Gasteiger partial charge in [0, 0.05) is 37.6 Å². The standard InChI is InChI=1S/C33H43N7O3S/c1-19-29(20(2)39-38-19)43-28-9-6-21(18-34-28)26(12-15-40-13-10-24(41)11-14-40)35-30(42)32-37-27-17-22-16-23(33(3,4)5)7-8-25(22)36-31(27)44-32/h6,9,17-18,23-24,26,41H,7-8,10-16H2,1-5H3,(H,35,42)(H,38,39)/t23-,26?/m0/s1. The second-order valence-electron chi connectivity index (χ2n) is 13.4. The molecule has 4 aromatic heterocycles. The summed E-state index contributed by atoms with van der Waals surface area (Å²) in [5.41, 5.74) is 5.96. The lowest BCUT2D eigenvalue weighted by molar-refractivity contribution is 0.0795. The number of fused-ring (bicyclic) bond motifs is 2. The molecule has 2 atom stereocenters. The monoisotopic (exact) mass is 617 g/mol. The summed E-state index contributed by atoms with van der Waals surface area (Å²) < 4.78 is 5.99. The lowest BCUT2D eigenvalue weighted by Crippen LogP contribution is -2.38. The Morgan fingerprint density at radius 2 is 2.00 bits per heavy atom. The van der Waals surface area contributed by atoms with Crippen LogP contribution < -0.4 is 10.1 Å². The van der Waals surface area contributed by atoms with E-state index in [2.05, 4.69) is 52.2 Å². The largest absolute Gasteiger partial charge is 0.435 e. The van der Waals surface area contributed by atoms with E-state index in [1.54, 1.807) is 6.20 Å². The quantitative estimate of drug-likeness (QED) is 0.230. The van der Waals surface area contributed by atoms with Crippen LogP contribution >= 0.6 is 11.3 Å². The van der Waals surface area contributed by atoms with Crippen molar-refractivity contribution in [2.24, 2.45) is 11.3 Å². The Labute approximate surface area is 262 Å². The van der Waals surface area contributed by atoms with Crippen LogP contribution in [0.15, 0.2) is 24.4 Å². The molecular formula is C33H43N7O3S. The number of nitrogens with zero attached hydrogens (tertiary/aromatic N) is 5. The molecule has 11 heteroatoms. The summed E-state index contributed by atoms with van der Waals surface area (Å²) >= 11 is 1.36. The van der Waals surface area contributed by atoms with Gasteiger partial charge in [0.05, 0.1) is 17.8 Å². The third-order valence-corrected chi connectivity index (χ3v) is 10.2. The Morgan fingerprint density at radius 1 is 1.20 bits per heavy atom. The molecule has 1 saturated heterocycles. The smallest absolute Gasteiger partial charge is 0.280 e. The summed E-state index contributed by atoms with van der Waals surface area (Å²) in [4.78, 5) is 31.1. The number of carbonyl (C=O) groups excluding carboxylic acids is 1. The summed E-state index contributed by atoms with van der Waals surface area (Å²) in [5, 5.41) is 20.7. The fraction of sp³-hybridized carbons (Fsp3) is 0.545. The van der Waals surface area contributed by atoms with Crippen molar-refractivity contribution in [3.8, 4) is 11.6 Å². The van der Waals surface area contributed by atoms with Crippen molar-refractivity contribution in [3.05, 3.63) is 57.6 Å². The van der Waals surface area contributed by atoms with E-state index in [0.29, 0.717) is 29.0 Å². The number of aliphatic hydroxyl groups excluding tert-OH is 1. The van der Waals surface area contributed by atoms with Crippen LogP contribution in [0.5, 0.6) is 11.6 Å². The SMILES string of the molecule is Cc1n[nH]c(C)c1Oc1ccc(C(CCN2CCC(O)CC2)NC(=O)c2nc3cc4c(nc3s2)CC[C@H](C(C)(C)C)C4)cn1. The minimum absolute atomic E-state index is 0.206. The zero-order valence-corrected chi connectivity index (χ0v) is 27.1. The van der Waals surface area contributed by atoms with E-state index in [0.717, 1.165) is 84.7 Å². The number of likely N-dealkylation sites (tertiary alicyclic amines) is 1. The van der Waals surface area contributed by atoms with Gasteiger partial charge in [-0.3, -0.25) is 9.89 Å². The molecule has 0 bridgehead atoms. The van der Waals surface area contributed by atoms with Crippen molar-refractivity contribution >= 4 is 27.6 Å². The number of hydrogen-bond acceptors (Lipinski definition) is 9. The fourth-order valence-electron chi connectivity index (χ4n) is 6.30. The average Bonchev–Trinajstić information content (AvgIpc) is 3.56. The molecule has 234 valence electrons. The Kier molecular flexibility index (Phi) is 8.72. The molecule has 3 N–H and O–H groups in total. The van der Waals surface area contributed by atoms with Gasteiger partial charge >= 0.3 is 0 Å². The van der Waals surface area contributed by atoms with Crippen molar-refractivity contribution in [2.45, 2.75) is 85.3 Å². The van der Waals surface area contributed by atoms with Crippen LogP contribution in [0.2, 0.25) is 0 Å². The average molecular weight is 618 g/mol. The molecule has 1 aliphatic heterocycles. The van der Waals surface area contributed by atoms with E-state index in [4.69, 9.17) is 14.7 Å². The summed E-state index contributed by atoms with van der Waals surface area (Å²) in [6.07, 6.45) is 6.90. The molecular weight excluding hydrogens is 574 g/mol. The van der Waals surface area contributed by atoms with Gasteiger partial charge in [-0.1, -0.05) is 38.2 Å². The minimum Gasteiger partial charge on any atom is -0.435 e. The van der Waals surface area contributed by atoms with Gasteiger partial charge in [0.15, 0.2) is 10.8 Å². The van der Waals surface area contributed by atoms with E-state index in [-0.39, 0.29) is 23.5 Å². The number of aromatic amines is 1. The number of rotatable bonds is 8. The first-order valence-electron chi connectivity index (χ1n) is 15.7. The maximum absolute atomic E-state index is 13.7. The number of ether oxygens (including phenoxy) is 1. The molecule has 0 saturated carbocycles. The zero-order valence-electron chi connectivity index (χ0n) is 26.3. The maximum atomic E-state index is 13.7. The minimum atomic E-state index is -0.269. The third-order valence-electron chi connectivity index (χ3n) is 9.19. The highest BCUT2D eigenvalue weighted by Gasteiger charge is 2.30. The number of aliphatic hydroxyl groups is 1. The van der Waals surface area contributed by atoms with Crippen LogP contribution in [-0.4, -0.2) is 66.8 Å². The molecule has 6 rings (SSSR count). The third kappa shape index (κ3) is 6.79. The van der Waals surface area contributed by atoms with Crippen molar-refractivity contribution in [3.63, 3.8) is 0 Å². The first-order valence-corrected chi connectivity index (χ1v) is 16.5. The van der Waals surface area contributed by atoms with Gasteiger partial charge in [0.2, 0.25) is 5.88 Å². The highest BCUT2D eigenvalue weighted by molar-refractivity contribution is 7.19. The van der Waals surface area contributed by atoms with Crippen molar-refractivity contribution in [1.82, 2.24) is 35.4 Å².